The van der Waals surface area contributed by atoms with Gasteiger partial charge in [-0.05, 0) is 24.6 Å². The fourth-order valence-electron chi connectivity index (χ4n) is 0.861. The van der Waals surface area contributed by atoms with Gasteiger partial charge in [0, 0.05) is 28.3 Å². The summed E-state index contributed by atoms with van der Waals surface area (Å²) < 4.78 is -0.0138. The van der Waals surface area contributed by atoms with Gasteiger partial charge in [-0.25, -0.2) is 0 Å². The first-order valence-electron chi connectivity index (χ1n) is 3.17. The van der Waals surface area contributed by atoms with E-state index in [1.54, 1.807) is 34.7 Å². The van der Waals surface area contributed by atoms with Crippen molar-refractivity contribution in [1.29, 1.82) is 0 Å². The number of nitrogens with two attached hydrogens (primary N) is 1. The van der Waals surface area contributed by atoms with Gasteiger partial charge < -0.3 is 5.73 Å². The summed E-state index contributed by atoms with van der Waals surface area (Å²) in [5, 5.41) is 0. The van der Waals surface area contributed by atoms with E-state index in [0.717, 1.165) is 5.56 Å². The van der Waals surface area contributed by atoms with E-state index in [2.05, 4.69) is 0 Å². The Morgan fingerprint density at radius 2 is 2.18 bits per heavy atom. The molecule has 0 atom stereocenters. The van der Waals surface area contributed by atoms with E-state index in [1.165, 1.54) is 0 Å². The number of aryl methyl sites for hydroxylation is 1. The second-order valence-corrected chi connectivity index (χ2v) is 3.34. The lowest BCUT2D eigenvalue weighted by molar-refractivity contribution is 0.110. The molecular weight excluding hydrogens is 253 g/mol. The second kappa shape index (κ2) is 3.21. The van der Waals surface area contributed by atoms with Crippen molar-refractivity contribution in [1.82, 2.24) is 0 Å². The fraction of sp³-hybridized carbons (Fsp3) is 0.125. The third kappa shape index (κ3) is 1.92. The van der Waals surface area contributed by atoms with Crippen molar-refractivity contribution >= 4 is 32.1 Å². The summed E-state index contributed by atoms with van der Waals surface area (Å²) in [6.45, 7) is 1.94. The molecule has 3 heteroatoms. The van der Waals surface area contributed by atoms with Gasteiger partial charge in [-0.15, -0.1) is 0 Å². The molecule has 0 aliphatic heterocycles. The van der Waals surface area contributed by atoms with Crippen LogP contribution < -0.4 is 5.73 Å². The van der Waals surface area contributed by atoms with Gasteiger partial charge >= 0.3 is 0 Å². The Morgan fingerprint density at radius 1 is 1.55 bits per heavy atom. The number of hydrogen-bond acceptors (Lipinski definition) is 2. The van der Waals surface area contributed by atoms with E-state index >= 15 is 0 Å². The highest BCUT2D eigenvalue weighted by Crippen LogP contribution is 2.16. The van der Waals surface area contributed by atoms with E-state index in [4.69, 9.17) is 5.73 Å². The number of halogens is 1. The molecule has 0 aromatic heterocycles. The van der Waals surface area contributed by atoms with Gasteiger partial charge in [0.25, 0.3) is 0 Å². The Bertz CT molecular complexity index is 296. The average Bonchev–Trinajstić information content (AvgIpc) is 1.85. The highest BCUT2D eigenvalue weighted by molar-refractivity contribution is 14.1. The van der Waals surface area contributed by atoms with Gasteiger partial charge in [0.05, 0.1) is 5.56 Å². The van der Waals surface area contributed by atoms with Crippen LogP contribution in [0.25, 0.3) is 0 Å². The molecule has 0 amide bonds. The summed E-state index contributed by atoms with van der Waals surface area (Å²) in [7, 11) is 0. The van der Waals surface area contributed by atoms with Crippen LogP contribution in [-0.2, 0) is 0 Å². The van der Waals surface area contributed by atoms with E-state index < -0.39 is 0 Å². The maximum Gasteiger partial charge on any atom is 0.224 e. The van der Waals surface area contributed by atoms with Gasteiger partial charge in [0.2, 0.25) is 3.79 Å². The van der Waals surface area contributed by atoms with Crippen LogP contribution in [0.1, 0.15) is 15.9 Å². The smallest absolute Gasteiger partial charge is 0.224 e. The highest BCUT2D eigenvalue weighted by Gasteiger charge is 2.04. The van der Waals surface area contributed by atoms with Crippen LogP contribution in [0.5, 0.6) is 0 Å². The van der Waals surface area contributed by atoms with Crippen LogP contribution in [0.4, 0.5) is 5.69 Å². The van der Waals surface area contributed by atoms with Crippen LogP contribution in [-0.4, -0.2) is 3.79 Å². The van der Waals surface area contributed by atoms with E-state index in [9.17, 15) is 4.79 Å². The molecule has 0 aliphatic carbocycles. The minimum Gasteiger partial charge on any atom is -0.398 e. The molecular formula is C8H8INO. The zero-order valence-electron chi connectivity index (χ0n) is 6.10. The predicted octanol–water partition coefficient (Wildman–Crippen LogP) is 2.15. The fourth-order valence-corrected chi connectivity index (χ4v) is 1.35. The number of carbonyl (C=O) groups excluding carboxylic acids is 1. The van der Waals surface area contributed by atoms with Crippen molar-refractivity contribution in [2.24, 2.45) is 0 Å². The van der Waals surface area contributed by atoms with Gasteiger partial charge in [-0.3, -0.25) is 4.79 Å². The largest absolute Gasteiger partial charge is 0.398 e. The van der Waals surface area contributed by atoms with E-state index in [-0.39, 0.29) is 3.79 Å². The van der Waals surface area contributed by atoms with E-state index in [0.29, 0.717) is 11.3 Å². The van der Waals surface area contributed by atoms with Crippen molar-refractivity contribution in [3.8, 4) is 0 Å². The zero-order valence-corrected chi connectivity index (χ0v) is 8.25. The van der Waals surface area contributed by atoms with E-state index in [1.807, 2.05) is 13.0 Å². The summed E-state index contributed by atoms with van der Waals surface area (Å²) in [6.07, 6.45) is 0. The third-order valence-electron chi connectivity index (χ3n) is 1.42. The van der Waals surface area contributed by atoms with Gasteiger partial charge in [-0.2, -0.15) is 0 Å². The average molecular weight is 261 g/mol. The normalized spacial score (nSPS) is 9.64. The molecule has 0 saturated heterocycles. The molecule has 0 saturated carbocycles. The molecule has 0 radical (unpaired) electrons. The Balaban J connectivity index is 3.20. The van der Waals surface area contributed by atoms with Crippen molar-refractivity contribution in [3.63, 3.8) is 0 Å². The molecule has 0 heterocycles. The first-order valence-corrected chi connectivity index (χ1v) is 4.25. The zero-order chi connectivity index (χ0) is 8.43. The summed E-state index contributed by atoms with van der Waals surface area (Å²) >= 11 is 1.73. The Morgan fingerprint density at radius 3 is 2.64 bits per heavy atom. The number of benzene rings is 1. The van der Waals surface area contributed by atoms with Crippen LogP contribution in [0.15, 0.2) is 18.2 Å². The number of carbonyl (C=O) groups is 1. The van der Waals surface area contributed by atoms with Crippen molar-refractivity contribution in [2.45, 2.75) is 6.92 Å². The van der Waals surface area contributed by atoms with Gasteiger partial charge in [0.1, 0.15) is 0 Å². The summed E-state index contributed by atoms with van der Waals surface area (Å²) in [5.74, 6) is 0. The van der Waals surface area contributed by atoms with Crippen molar-refractivity contribution < 1.29 is 4.79 Å². The summed E-state index contributed by atoms with van der Waals surface area (Å²) in [6, 6.07) is 5.42. The SMILES string of the molecule is Cc1ccc(C(=O)I)c(N)c1. The highest BCUT2D eigenvalue weighted by atomic mass is 127. The topological polar surface area (TPSA) is 43.1 Å². The van der Waals surface area contributed by atoms with Crippen molar-refractivity contribution in [2.75, 3.05) is 5.73 Å². The molecule has 0 aliphatic rings. The monoisotopic (exact) mass is 261 g/mol. The van der Waals surface area contributed by atoms with Crippen LogP contribution in [0.2, 0.25) is 0 Å². The Kier molecular flexibility index (Phi) is 2.49. The molecule has 58 valence electrons. The lowest BCUT2D eigenvalue weighted by Gasteiger charge is -2.00. The van der Waals surface area contributed by atoms with Gasteiger partial charge in [0.15, 0.2) is 0 Å². The predicted molar refractivity (Wildman–Crippen MR) is 53.9 cm³/mol. The molecule has 1 rings (SSSR count). The maximum absolute atomic E-state index is 10.9. The Hall–Kier alpha value is -0.580. The Labute approximate surface area is 78.9 Å². The summed E-state index contributed by atoms with van der Waals surface area (Å²) in [4.78, 5) is 10.9. The number of nitrogen functional groups attached to an aromatic ring is 1. The lowest BCUT2D eigenvalue weighted by Crippen LogP contribution is -1.96. The molecule has 2 N–H and O–H groups in total. The quantitative estimate of drug-likeness (QED) is 0.478. The van der Waals surface area contributed by atoms with Crippen molar-refractivity contribution in [3.05, 3.63) is 29.3 Å². The molecule has 0 spiro atoms. The number of rotatable bonds is 1. The number of anilines is 1. The molecule has 11 heavy (non-hydrogen) atoms. The van der Waals surface area contributed by atoms with Crippen LogP contribution in [0, 0.1) is 6.92 Å². The standard InChI is InChI=1S/C8H8INO/c1-5-2-3-6(8(9)11)7(10)4-5/h2-4H,10H2,1H3. The molecule has 0 unspecified atom stereocenters. The molecule has 1 aromatic rings. The first kappa shape index (κ1) is 8.52. The lowest BCUT2D eigenvalue weighted by atomic mass is 10.1. The van der Waals surface area contributed by atoms with Crippen LogP contribution in [0.3, 0.4) is 0 Å². The first-order chi connectivity index (χ1) is 5.11. The molecule has 0 bridgehead atoms. The third-order valence-corrected chi connectivity index (χ3v) is 2.00. The maximum atomic E-state index is 10.9. The van der Waals surface area contributed by atoms with Gasteiger partial charge in [-0.1, -0.05) is 6.07 Å². The molecule has 1 aromatic carbocycles. The number of hydrogen-bond donors (Lipinski definition) is 1. The molecule has 2 nitrogen and oxygen atoms in total. The molecule has 0 fully saturated rings. The second-order valence-electron chi connectivity index (χ2n) is 2.36. The minimum atomic E-state index is -0.0138. The summed E-state index contributed by atoms with van der Waals surface area (Å²) in [5.41, 5.74) is 7.82. The van der Waals surface area contributed by atoms with Crippen LogP contribution >= 0.6 is 22.6 Å². The minimum absolute atomic E-state index is 0.0138.